The van der Waals surface area contributed by atoms with Crippen LogP contribution in [0.4, 0.5) is 4.39 Å². The second-order valence-electron chi connectivity index (χ2n) is 2.68. The number of methoxy groups -OCH3 is 1. The van der Waals surface area contributed by atoms with Crippen molar-refractivity contribution in [2.45, 2.75) is 6.42 Å². The maximum absolute atomic E-state index is 12.9. The van der Waals surface area contributed by atoms with E-state index in [-0.39, 0.29) is 11.4 Å². The first-order valence-electron chi connectivity index (χ1n) is 4.14. The van der Waals surface area contributed by atoms with E-state index >= 15 is 0 Å². The van der Waals surface area contributed by atoms with Gasteiger partial charge in [-0.25, -0.2) is 4.39 Å². The summed E-state index contributed by atoms with van der Waals surface area (Å²) in [6.07, 6.45) is -0.0131. The zero-order valence-electron chi connectivity index (χ0n) is 8.01. The minimum Gasteiger partial charge on any atom is -0.468 e. The molecule has 0 aliphatic heterocycles. The number of benzene rings is 1. The van der Waals surface area contributed by atoms with Gasteiger partial charge in [0.2, 0.25) is 0 Å². The Hall–Kier alpha value is -1.53. The number of carbonyl (C=O) groups excluding carboxylic acids is 1. The molecule has 78 valence electrons. The Balaban J connectivity index is 2.72. The van der Waals surface area contributed by atoms with Gasteiger partial charge in [0, 0.05) is 5.56 Å². The molecule has 0 amide bonds. The molecule has 0 atom stereocenters. The minimum atomic E-state index is -0.526. The van der Waals surface area contributed by atoms with Crippen LogP contribution in [0.3, 0.4) is 0 Å². The molecule has 0 N–H and O–H groups in total. The summed E-state index contributed by atoms with van der Waals surface area (Å²) in [6.45, 7) is 0. The molecule has 0 fully saturated rings. The summed E-state index contributed by atoms with van der Waals surface area (Å²) >= 11 is 5.49. The van der Waals surface area contributed by atoms with E-state index in [4.69, 9.17) is 11.6 Å². The second-order valence-corrected chi connectivity index (χ2v) is 3.09. The molecule has 4 heteroatoms. The molecule has 1 aromatic carbocycles. The van der Waals surface area contributed by atoms with E-state index in [0.29, 0.717) is 5.56 Å². The smallest absolute Gasteiger partial charge is 0.317 e. The highest BCUT2D eigenvalue weighted by atomic mass is 35.5. The maximum Gasteiger partial charge on any atom is 0.317 e. The molecule has 0 unspecified atom stereocenters. The van der Waals surface area contributed by atoms with Crippen LogP contribution < -0.4 is 0 Å². The topological polar surface area (TPSA) is 26.3 Å². The van der Waals surface area contributed by atoms with E-state index in [1.54, 1.807) is 6.07 Å². The first-order chi connectivity index (χ1) is 7.13. The van der Waals surface area contributed by atoms with Crippen molar-refractivity contribution in [1.82, 2.24) is 0 Å². The van der Waals surface area contributed by atoms with Crippen LogP contribution >= 0.6 is 11.6 Å². The fourth-order valence-corrected chi connectivity index (χ4v) is 0.982. The highest BCUT2D eigenvalue weighted by Crippen LogP contribution is 2.14. The van der Waals surface area contributed by atoms with Crippen LogP contribution in [0.1, 0.15) is 12.0 Å². The fourth-order valence-electron chi connectivity index (χ4n) is 0.864. The average Bonchev–Trinajstić information content (AvgIpc) is 2.23. The summed E-state index contributed by atoms with van der Waals surface area (Å²) < 4.78 is 17.3. The lowest BCUT2D eigenvalue weighted by atomic mass is 10.2. The molecule has 1 aromatic rings. The van der Waals surface area contributed by atoms with E-state index in [2.05, 4.69) is 16.6 Å². The summed E-state index contributed by atoms with van der Waals surface area (Å²) in [7, 11) is 1.28. The number of hydrogen-bond donors (Lipinski definition) is 0. The monoisotopic (exact) mass is 226 g/mol. The first kappa shape index (κ1) is 11.5. The number of hydrogen-bond acceptors (Lipinski definition) is 2. The number of ether oxygens (including phenoxy) is 1. The van der Waals surface area contributed by atoms with Crippen molar-refractivity contribution in [3.8, 4) is 11.8 Å². The van der Waals surface area contributed by atoms with Crippen LogP contribution in [0.2, 0.25) is 5.02 Å². The molecule has 0 aliphatic rings. The average molecular weight is 227 g/mol. The Bertz CT molecular complexity index is 432. The number of esters is 1. The predicted molar refractivity (Wildman–Crippen MR) is 54.9 cm³/mol. The van der Waals surface area contributed by atoms with Gasteiger partial charge in [-0.1, -0.05) is 23.4 Å². The van der Waals surface area contributed by atoms with Crippen molar-refractivity contribution in [3.05, 3.63) is 34.6 Å². The van der Waals surface area contributed by atoms with Crippen LogP contribution in [0.25, 0.3) is 0 Å². The van der Waals surface area contributed by atoms with Crippen LogP contribution in [0.15, 0.2) is 18.2 Å². The Kier molecular flexibility index (Phi) is 4.14. The third-order valence-electron chi connectivity index (χ3n) is 1.61. The van der Waals surface area contributed by atoms with Crippen LogP contribution in [-0.4, -0.2) is 13.1 Å². The van der Waals surface area contributed by atoms with Crippen LogP contribution in [0, 0.1) is 17.7 Å². The molecule has 0 aromatic heterocycles. The van der Waals surface area contributed by atoms with Gasteiger partial charge in [0.15, 0.2) is 0 Å². The Morgan fingerprint density at radius 3 is 2.93 bits per heavy atom. The Labute approximate surface area is 92.0 Å². The van der Waals surface area contributed by atoms with E-state index in [0.717, 1.165) is 0 Å². The van der Waals surface area contributed by atoms with Gasteiger partial charge in [0.1, 0.15) is 12.2 Å². The zero-order chi connectivity index (χ0) is 11.3. The van der Waals surface area contributed by atoms with Crippen molar-refractivity contribution >= 4 is 17.6 Å². The summed E-state index contributed by atoms with van der Waals surface area (Å²) in [4.78, 5) is 10.7. The molecule has 1 rings (SSSR count). The van der Waals surface area contributed by atoms with Crippen molar-refractivity contribution in [2.24, 2.45) is 0 Å². The van der Waals surface area contributed by atoms with E-state index in [1.165, 1.54) is 19.2 Å². The molecule has 0 radical (unpaired) electrons. The summed E-state index contributed by atoms with van der Waals surface area (Å²) in [6, 6.07) is 4.21. The molecule has 0 bridgehead atoms. The van der Waals surface area contributed by atoms with Gasteiger partial charge < -0.3 is 4.74 Å². The molecular weight excluding hydrogens is 219 g/mol. The normalized spacial score (nSPS) is 9.00. The predicted octanol–water partition coefficient (Wildman–Crippen LogP) is 2.39. The summed E-state index contributed by atoms with van der Waals surface area (Å²) in [5.41, 5.74) is 0.473. The maximum atomic E-state index is 12.9. The van der Waals surface area contributed by atoms with Crippen molar-refractivity contribution in [2.75, 3.05) is 7.11 Å². The first-order valence-corrected chi connectivity index (χ1v) is 4.52. The molecule has 0 saturated heterocycles. The lowest BCUT2D eigenvalue weighted by Gasteiger charge is -1.94. The summed E-state index contributed by atoms with van der Waals surface area (Å²) in [5, 5.41) is 0.0496. The van der Waals surface area contributed by atoms with Gasteiger partial charge in [-0.2, -0.15) is 0 Å². The lowest BCUT2D eigenvalue weighted by Crippen LogP contribution is -1.97. The second kappa shape index (κ2) is 5.38. The number of rotatable bonds is 1. The highest BCUT2D eigenvalue weighted by molar-refractivity contribution is 6.30. The Morgan fingerprint density at radius 1 is 1.60 bits per heavy atom. The highest BCUT2D eigenvalue weighted by Gasteiger charge is 1.98. The Morgan fingerprint density at radius 2 is 2.33 bits per heavy atom. The van der Waals surface area contributed by atoms with Gasteiger partial charge in [0.25, 0.3) is 0 Å². The van der Waals surface area contributed by atoms with Crippen LogP contribution in [0.5, 0.6) is 0 Å². The zero-order valence-corrected chi connectivity index (χ0v) is 8.77. The molecule has 2 nitrogen and oxygen atoms in total. The minimum absolute atomic E-state index is 0.0131. The van der Waals surface area contributed by atoms with Gasteiger partial charge in [-0.15, -0.1) is 0 Å². The van der Waals surface area contributed by atoms with E-state index in [1.807, 2.05) is 0 Å². The van der Waals surface area contributed by atoms with Gasteiger partial charge >= 0.3 is 5.97 Å². The fraction of sp³-hybridized carbons (Fsp3) is 0.182. The third kappa shape index (κ3) is 3.61. The van der Waals surface area contributed by atoms with Crippen molar-refractivity contribution < 1.29 is 13.9 Å². The molecule has 15 heavy (non-hydrogen) atoms. The molecular formula is C11H8ClFO2. The van der Waals surface area contributed by atoms with Crippen molar-refractivity contribution in [1.29, 1.82) is 0 Å². The van der Waals surface area contributed by atoms with E-state index in [9.17, 15) is 9.18 Å². The van der Waals surface area contributed by atoms with Gasteiger partial charge in [0.05, 0.1) is 12.1 Å². The molecule has 0 spiro atoms. The molecule has 0 saturated carbocycles. The molecule has 0 heterocycles. The van der Waals surface area contributed by atoms with Gasteiger partial charge in [-0.05, 0) is 18.2 Å². The standard InChI is InChI=1S/C11H8ClFO2/c1-15-11(14)4-2-3-8-5-6-9(12)10(13)7-8/h5-7H,4H2,1H3. The molecule has 0 aliphatic carbocycles. The van der Waals surface area contributed by atoms with Crippen LogP contribution in [-0.2, 0) is 9.53 Å². The van der Waals surface area contributed by atoms with E-state index < -0.39 is 11.8 Å². The number of carbonyl (C=O) groups is 1. The van der Waals surface area contributed by atoms with Crippen molar-refractivity contribution in [3.63, 3.8) is 0 Å². The largest absolute Gasteiger partial charge is 0.468 e. The lowest BCUT2D eigenvalue weighted by molar-refractivity contribution is -0.139. The van der Waals surface area contributed by atoms with Gasteiger partial charge in [-0.3, -0.25) is 4.79 Å². The SMILES string of the molecule is COC(=O)CC#Cc1ccc(Cl)c(F)c1. The number of halogens is 2. The third-order valence-corrected chi connectivity index (χ3v) is 1.92. The summed E-state index contributed by atoms with van der Waals surface area (Å²) in [5.74, 6) is 4.25. The quantitative estimate of drug-likeness (QED) is 0.543.